The van der Waals surface area contributed by atoms with Gasteiger partial charge in [-0.1, -0.05) is 49.7 Å². The number of hydrogen-bond acceptors (Lipinski definition) is 2. The first kappa shape index (κ1) is 13.2. The SMILES string of the molecule is CC(C)C(CN)Oc1ccc(Cl)c2ccccc12. The molecule has 1 unspecified atom stereocenters. The van der Waals surface area contributed by atoms with Gasteiger partial charge < -0.3 is 10.5 Å². The van der Waals surface area contributed by atoms with Gasteiger partial charge in [0.2, 0.25) is 0 Å². The Balaban J connectivity index is 2.42. The van der Waals surface area contributed by atoms with Gasteiger partial charge in [0, 0.05) is 22.3 Å². The van der Waals surface area contributed by atoms with E-state index in [1.54, 1.807) is 0 Å². The van der Waals surface area contributed by atoms with Crippen LogP contribution in [-0.4, -0.2) is 12.6 Å². The molecule has 0 saturated heterocycles. The van der Waals surface area contributed by atoms with Crippen molar-refractivity contribution in [3.05, 3.63) is 41.4 Å². The maximum atomic E-state index is 6.18. The van der Waals surface area contributed by atoms with E-state index in [1.165, 1.54) is 0 Å². The molecule has 0 aliphatic rings. The van der Waals surface area contributed by atoms with Gasteiger partial charge >= 0.3 is 0 Å². The molecule has 18 heavy (non-hydrogen) atoms. The highest BCUT2D eigenvalue weighted by molar-refractivity contribution is 6.35. The van der Waals surface area contributed by atoms with Crippen LogP contribution in [0.25, 0.3) is 10.8 Å². The van der Waals surface area contributed by atoms with Crippen LogP contribution in [-0.2, 0) is 0 Å². The molecule has 0 aromatic heterocycles. The molecule has 2 aromatic rings. The van der Waals surface area contributed by atoms with Crippen molar-refractivity contribution < 1.29 is 4.74 Å². The zero-order valence-electron chi connectivity index (χ0n) is 10.7. The highest BCUT2D eigenvalue weighted by Gasteiger charge is 2.15. The quantitative estimate of drug-likeness (QED) is 0.909. The standard InChI is InChI=1S/C15H18ClNO/c1-10(2)15(9-17)18-14-8-7-13(16)11-5-3-4-6-12(11)14/h3-8,10,15H,9,17H2,1-2H3. The van der Waals surface area contributed by atoms with Gasteiger partial charge in [-0.3, -0.25) is 0 Å². The van der Waals surface area contributed by atoms with Gasteiger partial charge in [0.1, 0.15) is 11.9 Å². The summed E-state index contributed by atoms with van der Waals surface area (Å²) in [7, 11) is 0. The third kappa shape index (κ3) is 2.60. The largest absolute Gasteiger partial charge is 0.488 e. The van der Waals surface area contributed by atoms with Crippen LogP contribution >= 0.6 is 11.6 Å². The van der Waals surface area contributed by atoms with E-state index in [-0.39, 0.29) is 6.10 Å². The predicted molar refractivity (Wildman–Crippen MR) is 77.3 cm³/mol. The molecule has 2 aromatic carbocycles. The lowest BCUT2D eigenvalue weighted by Crippen LogP contribution is -2.31. The topological polar surface area (TPSA) is 35.2 Å². The minimum Gasteiger partial charge on any atom is -0.488 e. The molecule has 2 N–H and O–H groups in total. The Labute approximate surface area is 113 Å². The maximum absolute atomic E-state index is 6.18. The Kier molecular flexibility index (Phi) is 4.10. The number of halogens is 1. The number of benzene rings is 2. The molecule has 0 heterocycles. The fourth-order valence-corrected chi connectivity index (χ4v) is 2.18. The van der Waals surface area contributed by atoms with E-state index in [1.807, 2.05) is 36.4 Å². The number of rotatable bonds is 4. The van der Waals surface area contributed by atoms with Crippen LogP contribution in [0.3, 0.4) is 0 Å². The summed E-state index contributed by atoms with van der Waals surface area (Å²) < 4.78 is 6.01. The Morgan fingerprint density at radius 3 is 2.39 bits per heavy atom. The summed E-state index contributed by atoms with van der Waals surface area (Å²) in [6, 6.07) is 11.8. The summed E-state index contributed by atoms with van der Waals surface area (Å²) in [5.41, 5.74) is 5.74. The summed E-state index contributed by atoms with van der Waals surface area (Å²) in [4.78, 5) is 0. The van der Waals surface area contributed by atoms with Crippen molar-refractivity contribution in [2.45, 2.75) is 20.0 Å². The van der Waals surface area contributed by atoms with Crippen molar-refractivity contribution in [2.75, 3.05) is 6.54 Å². The van der Waals surface area contributed by atoms with Crippen LogP contribution in [0.4, 0.5) is 0 Å². The number of ether oxygens (including phenoxy) is 1. The molecular weight excluding hydrogens is 246 g/mol. The van der Waals surface area contributed by atoms with E-state index in [4.69, 9.17) is 22.1 Å². The monoisotopic (exact) mass is 263 g/mol. The summed E-state index contributed by atoms with van der Waals surface area (Å²) in [5, 5.41) is 2.78. The first-order valence-electron chi connectivity index (χ1n) is 6.17. The molecule has 0 fully saturated rings. The lowest BCUT2D eigenvalue weighted by Gasteiger charge is -2.22. The lowest BCUT2D eigenvalue weighted by atomic mass is 10.1. The first-order valence-corrected chi connectivity index (χ1v) is 6.55. The fraction of sp³-hybridized carbons (Fsp3) is 0.333. The van der Waals surface area contributed by atoms with Gasteiger partial charge in [0.25, 0.3) is 0 Å². The second-order valence-electron chi connectivity index (χ2n) is 4.73. The zero-order chi connectivity index (χ0) is 13.1. The van der Waals surface area contributed by atoms with E-state index in [0.717, 1.165) is 21.5 Å². The second kappa shape index (κ2) is 5.59. The molecule has 0 bridgehead atoms. The van der Waals surface area contributed by atoms with Crippen molar-refractivity contribution >= 4 is 22.4 Å². The van der Waals surface area contributed by atoms with Crippen molar-refractivity contribution in [3.63, 3.8) is 0 Å². The third-order valence-corrected chi connectivity index (χ3v) is 3.41. The Morgan fingerprint density at radius 1 is 1.11 bits per heavy atom. The van der Waals surface area contributed by atoms with E-state index in [0.29, 0.717) is 12.5 Å². The molecular formula is C15H18ClNO. The molecule has 0 radical (unpaired) electrons. The van der Waals surface area contributed by atoms with Crippen molar-refractivity contribution in [1.29, 1.82) is 0 Å². The molecule has 2 rings (SSSR count). The Bertz CT molecular complexity index is 539. The Hall–Kier alpha value is -1.25. The Morgan fingerprint density at radius 2 is 1.78 bits per heavy atom. The van der Waals surface area contributed by atoms with Crippen LogP contribution in [0.15, 0.2) is 36.4 Å². The number of fused-ring (bicyclic) bond motifs is 1. The first-order chi connectivity index (χ1) is 8.63. The molecule has 3 heteroatoms. The smallest absolute Gasteiger partial charge is 0.127 e. The van der Waals surface area contributed by atoms with Crippen LogP contribution in [0.5, 0.6) is 5.75 Å². The fourth-order valence-electron chi connectivity index (χ4n) is 1.96. The van der Waals surface area contributed by atoms with Crippen LogP contribution in [0, 0.1) is 5.92 Å². The molecule has 2 nitrogen and oxygen atoms in total. The average Bonchev–Trinajstić information content (AvgIpc) is 2.38. The van der Waals surface area contributed by atoms with E-state index in [9.17, 15) is 0 Å². The van der Waals surface area contributed by atoms with Gasteiger partial charge in [-0.25, -0.2) is 0 Å². The lowest BCUT2D eigenvalue weighted by molar-refractivity contribution is 0.161. The van der Waals surface area contributed by atoms with Crippen LogP contribution < -0.4 is 10.5 Å². The van der Waals surface area contributed by atoms with Gasteiger partial charge in [0.15, 0.2) is 0 Å². The van der Waals surface area contributed by atoms with Gasteiger partial charge in [0.05, 0.1) is 0 Å². The summed E-state index contributed by atoms with van der Waals surface area (Å²) in [5.74, 6) is 1.23. The average molecular weight is 264 g/mol. The minimum atomic E-state index is 0.0228. The molecule has 96 valence electrons. The van der Waals surface area contributed by atoms with Crippen molar-refractivity contribution in [2.24, 2.45) is 11.7 Å². The maximum Gasteiger partial charge on any atom is 0.127 e. The molecule has 0 aliphatic carbocycles. The normalized spacial score (nSPS) is 12.9. The minimum absolute atomic E-state index is 0.0228. The molecule has 0 spiro atoms. The highest BCUT2D eigenvalue weighted by Crippen LogP contribution is 2.32. The van der Waals surface area contributed by atoms with Gasteiger partial charge in [-0.15, -0.1) is 0 Å². The highest BCUT2D eigenvalue weighted by atomic mass is 35.5. The van der Waals surface area contributed by atoms with Crippen LogP contribution in [0.1, 0.15) is 13.8 Å². The molecule has 0 aliphatic heterocycles. The van der Waals surface area contributed by atoms with Gasteiger partial charge in [-0.2, -0.15) is 0 Å². The van der Waals surface area contributed by atoms with Crippen molar-refractivity contribution in [3.8, 4) is 5.75 Å². The van der Waals surface area contributed by atoms with E-state index in [2.05, 4.69) is 13.8 Å². The predicted octanol–water partition coefficient (Wildman–Crippen LogP) is 3.86. The number of hydrogen-bond donors (Lipinski definition) is 1. The van der Waals surface area contributed by atoms with Crippen molar-refractivity contribution in [1.82, 2.24) is 0 Å². The molecule has 1 atom stereocenters. The third-order valence-electron chi connectivity index (χ3n) is 3.09. The van der Waals surface area contributed by atoms with E-state index < -0.39 is 0 Å². The van der Waals surface area contributed by atoms with Gasteiger partial charge in [-0.05, 0) is 18.1 Å². The molecule has 0 amide bonds. The zero-order valence-corrected chi connectivity index (χ0v) is 11.4. The summed E-state index contributed by atoms with van der Waals surface area (Å²) in [6.07, 6.45) is 0.0228. The summed E-state index contributed by atoms with van der Waals surface area (Å²) >= 11 is 6.18. The summed E-state index contributed by atoms with van der Waals surface area (Å²) in [6.45, 7) is 4.72. The van der Waals surface area contributed by atoms with E-state index >= 15 is 0 Å². The number of nitrogens with two attached hydrogens (primary N) is 1. The second-order valence-corrected chi connectivity index (χ2v) is 5.13. The van der Waals surface area contributed by atoms with Crippen LogP contribution in [0.2, 0.25) is 5.02 Å². The molecule has 0 saturated carbocycles.